The Morgan fingerprint density at radius 1 is 1.03 bits per heavy atom. The first-order chi connectivity index (χ1) is 15.1. The maximum atomic E-state index is 12.3. The lowest BCUT2D eigenvalue weighted by Crippen LogP contribution is -2.24. The van der Waals surface area contributed by atoms with E-state index < -0.39 is 0 Å². The first-order valence-corrected chi connectivity index (χ1v) is 10.9. The van der Waals surface area contributed by atoms with E-state index in [9.17, 15) is 4.79 Å². The second-order valence-electron chi connectivity index (χ2n) is 7.30. The van der Waals surface area contributed by atoms with Crippen molar-refractivity contribution in [2.45, 2.75) is 31.5 Å². The number of benzene rings is 2. The van der Waals surface area contributed by atoms with E-state index in [4.69, 9.17) is 0 Å². The van der Waals surface area contributed by atoms with Gasteiger partial charge in [0.2, 0.25) is 5.91 Å². The molecule has 0 aliphatic carbocycles. The van der Waals surface area contributed by atoms with Crippen molar-refractivity contribution < 1.29 is 4.79 Å². The van der Waals surface area contributed by atoms with E-state index in [1.807, 2.05) is 41.0 Å². The molecule has 2 aromatic carbocycles. The minimum Gasteiger partial charge on any atom is -0.351 e. The zero-order valence-electron chi connectivity index (χ0n) is 17.3. The largest absolute Gasteiger partial charge is 0.351 e. The average Bonchev–Trinajstić information content (AvgIpc) is 3.49. The van der Waals surface area contributed by atoms with Crippen molar-refractivity contribution >= 4 is 17.7 Å². The molecule has 8 nitrogen and oxygen atoms in total. The summed E-state index contributed by atoms with van der Waals surface area (Å²) in [4.78, 5) is 16.3. The second-order valence-corrected chi connectivity index (χ2v) is 8.24. The molecule has 0 fully saturated rings. The van der Waals surface area contributed by atoms with Crippen LogP contribution in [0.5, 0.6) is 0 Å². The first kappa shape index (κ1) is 20.8. The predicted octanol–water partition coefficient (Wildman–Crippen LogP) is 3.38. The second kappa shape index (κ2) is 9.57. The van der Waals surface area contributed by atoms with Crippen molar-refractivity contribution in [2.75, 3.05) is 5.75 Å². The summed E-state index contributed by atoms with van der Waals surface area (Å²) in [5.41, 5.74) is 4.18. The molecule has 0 saturated heterocycles. The number of rotatable bonds is 8. The maximum Gasteiger partial charge on any atom is 0.230 e. The molecule has 158 valence electrons. The summed E-state index contributed by atoms with van der Waals surface area (Å²) >= 11 is 1.36. The van der Waals surface area contributed by atoms with Crippen LogP contribution >= 0.6 is 11.8 Å². The minimum absolute atomic E-state index is 0.0601. The van der Waals surface area contributed by atoms with Gasteiger partial charge in [0.05, 0.1) is 11.4 Å². The number of nitrogens with zero attached hydrogens (tertiary/aromatic N) is 6. The van der Waals surface area contributed by atoms with Crippen LogP contribution in [-0.2, 0) is 11.3 Å². The van der Waals surface area contributed by atoms with Crippen LogP contribution < -0.4 is 5.32 Å². The summed E-state index contributed by atoms with van der Waals surface area (Å²) in [5, 5.41) is 15.9. The molecule has 0 bridgehead atoms. The van der Waals surface area contributed by atoms with Crippen molar-refractivity contribution in [2.24, 2.45) is 0 Å². The summed E-state index contributed by atoms with van der Waals surface area (Å²) in [6, 6.07) is 16.1. The fourth-order valence-corrected chi connectivity index (χ4v) is 3.77. The summed E-state index contributed by atoms with van der Waals surface area (Å²) in [6.07, 6.45) is 4.81. The Balaban J connectivity index is 1.30. The molecular formula is C22H23N7OS. The van der Waals surface area contributed by atoms with E-state index in [1.54, 1.807) is 17.3 Å². The molecule has 2 aromatic heterocycles. The molecule has 4 aromatic rings. The number of carbonyl (C=O) groups is 1. The number of hydrogen-bond acceptors (Lipinski definition) is 6. The van der Waals surface area contributed by atoms with Gasteiger partial charge in [0.15, 0.2) is 5.16 Å². The van der Waals surface area contributed by atoms with Gasteiger partial charge in [0.1, 0.15) is 19.0 Å². The molecule has 0 aliphatic heterocycles. The molecule has 0 spiro atoms. The monoisotopic (exact) mass is 433 g/mol. The van der Waals surface area contributed by atoms with Crippen LogP contribution in [0.3, 0.4) is 0 Å². The molecule has 2 heterocycles. The van der Waals surface area contributed by atoms with Gasteiger partial charge < -0.3 is 5.32 Å². The smallest absolute Gasteiger partial charge is 0.230 e. The summed E-state index contributed by atoms with van der Waals surface area (Å²) in [5.74, 6) is 0.682. The van der Waals surface area contributed by atoms with Crippen molar-refractivity contribution in [3.05, 3.63) is 78.6 Å². The van der Waals surface area contributed by atoms with Gasteiger partial charge in [-0.2, -0.15) is 5.10 Å². The van der Waals surface area contributed by atoms with E-state index in [1.165, 1.54) is 23.7 Å². The average molecular weight is 434 g/mol. The van der Waals surface area contributed by atoms with Crippen LogP contribution in [0.15, 0.2) is 72.7 Å². The Kier molecular flexibility index (Phi) is 6.42. The third-order valence-electron chi connectivity index (χ3n) is 4.80. The first-order valence-electron chi connectivity index (χ1n) is 9.94. The van der Waals surface area contributed by atoms with Gasteiger partial charge in [-0.05, 0) is 41.3 Å². The minimum atomic E-state index is -0.0601. The highest BCUT2D eigenvalue weighted by molar-refractivity contribution is 7.99. The predicted molar refractivity (Wildman–Crippen MR) is 119 cm³/mol. The number of hydrogen-bond donors (Lipinski definition) is 1. The van der Waals surface area contributed by atoms with Crippen LogP contribution in [0, 0.1) is 0 Å². The number of carbonyl (C=O) groups excluding carboxylic acids is 1. The molecule has 0 atom stereocenters. The molecular weight excluding hydrogens is 410 g/mol. The molecule has 31 heavy (non-hydrogen) atoms. The van der Waals surface area contributed by atoms with Crippen LogP contribution in [0.4, 0.5) is 0 Å². The van der Waals surface area contributed by atoms with Gasteiger partial charge in [0, 0.05) is 12.2 Å². The fourth-order valence-electron chi connectivity index (χ4n) is 3.01. The highest BCUT2D eigenvalue weighted by atomic mass is 32.2. The molecule has 1 amide bonds. The zero-order chi connectivity index (χ0) is 21.6. The van der Waals surface area contributed by atoms with Gasteiger partial charge in [-0.15, -0.1) is 10.2 Å². The lowest BCUT2D eigenvalue weighted by molar-refractivity contribution is -0.118. The summed E-state index contributed by atoms with van der Waals surface area (Å²) in [7, 11) is 0. The van der Waals surface area contributed by atoms with E-state index in [2.05, 4.69) is 51.6 Å². The van der Waals surface area contributed by atoms with E-state index in [0.717, 1.165) is 16.9 Å². The van der Waals surface area contributed by atoms with Crippen molar-refractivity contribution in [3.63, 3.8) is 0 Å². The highest BCUT2D eigenvalue weighted by Gasteiger charge is 2.11. The van der Waals surface area contributed by atoms with Crippen molar-refractivity contribution in [3.8, 4) is 11.4 Å². The van der Waals surface area contributed by atoms with Gasteiger partial charge >= 0.3 is 0 Å². The Bertz CT molecular complexity index is 1120. The number of thioether (sulfide) groups is 1. The lowest BCUT2D eigenvalue weighted by atomic mass is 10.0. The number of aromatic nitrogens is 6. The molecule has 0 radical (unpaired) electrons. The van der Waals surface area contributed by atoms with Crippen LogP contribution in [-0.4, -0.2) is 41.2 Å². The number of nitrogens with one attached hydrogen (secondary N) is 1. The van der Waals surface area contributed by atoms with Crippen LogP contribution in [0.1, 0.15) is 30.9 Å². The number of amides is 1. The van der Waals surface area contributed by atoms with Gasteiger partial charge in [0.25, 0.3) is 0 Å². The SMILES string of the molecule is CC(C)c1ccc(-n2cnnc2SCC(=O)NCc2ccc(-n3cncn3)cc2)cc1. The van der Waals surface area contributed by atoms with E-state index in [-0.39, 0.29) is 11.7 Å². The fraction of sp³-hybridized carbons (Fsp3) is 0.227. The normalized spacial score (nSPS) is 11.1. The molecule has 0 saturated carbocycles. The Labute approximate surface area is 184 Å². The molecule has 9 heteroatoms. The lowest BCUT2D eigenvalue weighted by Gasteiger charge is -2.09. The maximum absolute atomic E-state index is 12.3. The van der Waals surface area contributed by atoms with Gasteiger partial charge in [-0.3, -0.25) is 9.36 Å². The standard InChI is InChI=1S/C22H23N7OS/c1-16(2)18-5-9-19(10-6-18)28-15-25-27-22(28)31-12-21(30)24-11-17-3-7-20(8-4-17)29-14-23-13-26-29/h3-10,13-16H,11-12H2,1-2H3,(H,24,30). The third kappa shape index (κ3) is 5.18. The Morgan fingerprint density at radius 2 is 1.77 bits per heavy atom. The summed E-state index contributed by atoms with van der Waals surface area (Å²) in [6.45, 7) is 4.79. The molecule has 0 aliphatic rings. The quantitative estimate of drug-likeness (QED) is 0.429. The summed E-state index contributed by atoms with van der Waals surface area (Å²) < 4.78 is 3.58. The Morgan fingerprint density at radius 3 is 2.45 bits per heavy atom. The van der Waals surface area contributed by atoms with Crippen molar-refractivity contribution in [1.82, 2.24) is 34.8 Å². The molecule has 1 N–H and O–H groups in total. The van der Waals surface area contributed by atoms with Gasteiger partial charge in [-0.1, -0.05) is 49.9 Å². The zero-order valence-corrected chi connectivity index (χ0v) is 18.2. The third-order valence-corrected chi connectivity index (χ3v) is 5.74. The van der Waals surface area contributed by atoms with Crippen molar-refractivity contribution in [1.29, 1.82) is 0 Å². The Hall–Kier alpha value is -3.46. The molecule has 0 unspecified atom stereocenters. The van der Waals surface area contributed by atoms with Gasteiger partial charge in [-0.25, -0.2) is 9.67 Å². The van der Waals surface area contributed by atoms with E-state index >= 15 is 0 Å². The van der Waals surface area contributed by atoms with Crippen LogP contribution in [0.2, 0.25) is 0 Å². The van der Waals surface area contributed by atoms with Crippen LogP contribution in [0.25, 0.3) is 11.4 Å². The molecule has 4 rings (SSSR count). The topological polar surface area (TPSA) is 90.5 Å². The highest BCUT2D eigenvalue weighted by Crippen LogP contribution is 2.21. The van der Waals surface area contributed by atoms with E-state index in [0.29, 0.717) is 17.6 Å².